The van der Waals surface area contributed by atoms with Gasteiger partial charge < -0.3 is 10.4 Å². The first kappa shape index (κ1) is 12.6. The van der Waals surface area contributed by atoms with Crippen molar-refractivity contribution < 1.29 is 9.50 Å². The summed E-state index contributed by atoms with van der Waals surface area (Å²) in [5, 5.41) is 12.5. The first-order valence-electron chi connectivity index (χ1n) is 5.89. The highest BCUT2D eigenvalue weighted by Gasteiger charge is 2.14. The van der Waals surface area contributed by atoms with Gasteiger partial charge in [0.05, 0.1) is 12.6 Å². The number of aliphatic hydroxyl groups excluding tert-OH is 1. The lowest BCUT2D eigenvalue weighted by atomic mass is 10.1. The molecule has 2 aromatic rings. The summed E-state index contributed by atoms with van der Waals surface area (Å²) in [7, 11) is 0. The molecule has 0 amide bonds. The fourth-order valence-electron chi connectivity index (χ4n) is 1.92. The lowest BCUT2D eigenvalue weighted by Gasteiger charge is -2.18. The number of nitrogens with one attached hydrogen (secondary N) is 1. The quantitative estimate of drug-likeness (QED) is 0.866. The summed E-state index contributed by atoms with van der Waals surface area (Å²) < 4.78 is 13.7. The summed E-state index contributed by atoms with van der Waals surface area (Å²) >= 11 is 0. The van der Waals surface area contributed by atoms with Gasteiger partial charge in [-0.15, -0.1) is 0 Å². The maximum Gasteiger partial charge on any atom is 0.128 e. The molecule has 2 nitrogen and oxygen atoms in total. The number of hydrogen-bond acceptors (Lipinski definition) is 2. The van der Waals surface area contributed by atoms with Crippen LogP contribution in [-0.4, -0.2) is 11.7 Å². The van der Waals surface area contributed by atoms with Crippen molar-refractivity contribution in [3.05, 3.63) is 65.5 Å². The van der Waals surface area contributed by atoms with Crippen LogP contribution in [0, 0.1) is 12.7 Å². The van der Waals surface area contributed by atoms with Crippen LogP contribution in [0.5, 0.6) is 0 Å². The summed E-state index contributed by atoms with van der Waals surface area (Å²) in [5.41, 5.74) is 2.46. The average molecular weight is 245 g/mol. The van der Waals surface area contributed by atoms with Crippen LogP contribution in [0.2, 0.25) is 0 Å². The molecule has 94 valence electrons. The minimum atomic E-state index is -0.437. The SMILES string of the molecule is Cc1cccc(NC(CO)c2ccccc2F)c1. The maximum atomic E-state index is 13.7. The molecule has 2 aromatic carbocycles. The zero-order chi connectivity index (χ0) is 13.0. The molecule has 0 aromatic heterocycles. The van der Waals surface area contributed by atoms with Gasteiger partial charge in [0.25, 0.3) is 0 Å². The highest BCUT2D eigenvalue weighted by Crippen LogP contribution is 2.22. The second-order valence-corrected chi connectivity index (χ2v) is 4.27. The minimum absolute atomic E-state index is 0.158. The van der Waals surface area contributed by atoms with Crippen LogP contribution >= 0.6 is 0 Å². The van der Waals surface area contributed by atoms with Crippen molar-refractivity contribution in [3.8, 4) is 0 Å². The average Bonchev–Trinajstić information content (AvgIpc) is 2.37. The third kappa shape index (κ3) is 2.87. The van der Waals surface area contributed by atoms with Gasteiger partial charge >= 0.3 is 0 Å². The van der Waals surface area contributed by atoms with Crippen molar-refractivity contribution in [1.29, 1.82) is 0 Å². The third-order valence-electron chi connectivity index (χ3n) is 2.82. The van der Waals surface area contributed by atoms with E-state index in [4.69, 9.17) is 0 Å². The largest absolute Gasteiger partial charge is 0.394 e. The Kier molecular flexibility index (Phi) is 3.95. The van der Waals surface area contributed by atoms with Crippen LogP contribution in [0.1, 0.15) is 17.2 Å². The molecule has 0 spiro atoms. The molecule has 0 radical (unpaired) electrons. The van der Waals surface area contributed by atoms with Crippen LogP contribution in [-0.2, 0) is 0 Å². The van der Waals surface area contributed by atoms with Crippen molar-refractivity contribution >= 4 is 5.69 Å². The van der Waals surface area contributed by atoms with E-state index < -0.39 is 6.04 Å². The number of aliphatic hydroxyl groups is 1. The van der Waals surface area contributed by atoms with E-state index in [0.29, 0.717) is 5.56 Å². The van der Waals surface area contributed by atoms with Crippen molar-refractivity contribution in [3.63, 3.8) is 0 Å². The van der Waals surface area contributed by atoms with Gasteiger partial charge in [-0.05, 0) is 30.7 Å². The summed E-state index contributed by atoms with van der Waals surface area (Å²) in [6.07, 6.45) is 0. The lowest BCUT2D eigenvalue weighted by molar-refractivity contribution is 0.274. The number of halogens is 1. The van der Waals surface area contributed by atoms with Gasteiger partial charge in [0.15, 0.2) is 0 Å². The van der Waals surface area contributed by atoms with Gasteiger partial charge in [-0.25, -0.2) is 4.39 Å². The summed E-state index contributed by atoms with van der Waals surface area (Å²) in [4.78, 5) is 0. The van der Waals surface area contributed by atoms with E-state index >= 15 is 0 Å². The molecule has 1 atom stereocenters. The maximum absolute atomic E-state index is 13.7. The van der Waals surface area contributed by atoms with Gasteiger partial charge in [0, 0.05) is 11.3 Å². The molecule has 2 N–H and O–H groups in total. The third-order valence-corrected chi connectivity index (χ3v) is 2.82. The van der Waals surface area contributed by atoms with E-state index in [1.807, 2.05) is 31.2 Å². The Balaban J connectivity index is 2.23. The van der Waals surface area contributed by atoms with Crippen LogP contribution in [0.25, 0.3) is 0 Å². The predicted octanol–water partition coefficient (Wildman–Crippen LogP) is 3.28. The highest BCUT2D eigenvalue weighted by atomic mass is 19.1. The first-order chi connectivity index (χ1) is 8.70. The fraction of sp³-hybridized carbons (Fsp3) is 0.200. The molecular formula is C15H16FNO. The molecular weight excluding hydrogens is 229 g/mol. The molecule has 3 heteroatoms. The lowest BCUT2D eigenvalue weighted by Crippen LogP contribution is -2.16. The Morgan fingerprint density at radius 2 is 1.94 bits per heavy atom. The van der Waals surface area contributed by atoms with Crippen molar-refractivity contribution in [2.24, 2.45) is 0 Å². The molecule has 0 saturated heterocycles. The predicted molar refractivity (Wildman–Crippen MR) is 71.0 cm³/mol. The molecule has 0 bridgehead atoms. The first-order valence-corrected chi connectivity index (χ1v) is 5.89. The van der Waals surface area contributed by atoms with Crippen molar-refractivity contribution in [2.45, 2.75) is 13.0 Å². The smallest absolute Gasteiger partial charge is 0.128 e. The standard InChI is InChI=1S/C15H16FNO/c1-11-5-4-6-12(9-11)17-15(10-18)13-7-2-3-8-14(13)16/h2-9,15,17-18H,10H2,1H3. The van der Waals surface area contributed by atoms with E-state index in [-0.39, 0.29) is 12.4 Å². The highest BCUT2D eigenvalue weighted by molar-refractivity contribution is 5.47. The topological polar surface area (TPSA) is 32.3 Å². The van der Waals surface area contributed by atoms with Gasteiger partial charge in [-0.3, -0.25) is 0 Å². The Morgan fingerprint density at radius 1 is 1.17 bits per heavy atom. The van der Waals surface area contributed by atoms with Crippen LogP contribution in [0.15, 0.2) is 48.5 Å². The molecule has 18 heavy (non-hydrogen) atoms. The van der Waals surface area contributed by atoms with E-state index in [2.05, 4.69) is 5.32 Å². The second kappa shape index (κ2) is 5.65. The Hall–Kier alpha value is -1.87. The van der Waals surface area contributed by atoms with Gasteiger partial charge in [-0.1, -0.05) is 30.3 Å². The van der Waals surface area contributed by atoms with E-state index in [9.17, 15) is 9.50 Å². The molecule has 0 aliphatic heterocycles. The Bertz CT molecular complexity index is 527. The van der Waals surface area contributed by atoms with Gasteiger partial charge in [0.2, 0.25) is 0 Å². The van der Waals surface area contributed by atoms with Crippen LogP contribution < -0.4 is 5.32 Å². The van der Waals surface area contributed by atoms with Gasteiger partial charge in [-0.2, -0.15) is 0 Å². The zero-order valence-corrected chi connectivity index (χ0v) is 10.2. The molecule has 0 fully saturated rings. The number of rotatable bonds is 4. The van der Waals surface area contributed by atoms with Crippen LogP contribution in [0.4, 0.5) is 10.1 Å². The number of benzene rings is 2. The number of hydrogen-bond donors (Lipinski definition) is 2. The van der Waals surface area contributed by atoms with Crippen molar-refractivity contribution in [1.82, 2.24) is 0 Å². The monoisotopic (exact) mass is 245 g/mol. The fourth-order valence-corrected chi connectivity index (χ4v) is 1.92. The normalized spacial score (nSPS) is 12.2. The summed E-state index contributed by atoms with van der Waals surface area (Å²) in [6.45, 7) is 1.83. The molecule has 1 unspecified atom stereocenters. The Labute approximate surface area is 106 Å². The number of aryl methyl sites for hydroxylation is 1. The molecule has 0 saturated carbocycles. The minimum Gasteiger partial charge on any atom is -0.394 e. The molecule has 0 aliphatic rings. The summed E-state index contributed by atoms with van der Waals surface area (Å²) in [5.74, 6) is -0.309. The van der Waals surface area contributed by atoms with E-state index in [1.54, 1.807) is 18.2 Å². The van der Waals surface area contributed by atoms with Crippen molar-refractivity contribution in [2.75, 3.05) is 11.9 Å². The Morgan fingerprint density at radius 3 is 2.61 bits per heavy atom. The van der Waals surface area contributed by atoms with Gasteiger partial charge in [0.1, 0.15) is 5.82 Å². The van der Waals surface area contributed by atoms with E-state index in [1.165, 1.54) is 6.07 Å². The van der Waals surface area contributed by atoms with Crippen LogP contribution in [0.3, 0.4) is 0 Å². The summed E-state index contributed by atoms with van der Waals surface area (Å²) in [6, 6.07) is 13.8. The zero-order valence-electron chi connectivity index (χ0n) is 10.2. The second-order valence-electron chi connectivity index (χ2n) is 4.27. The number of anilines is 1. The van der Waals surface area contributed by atoms with E-state index in [0.717, 1.165) is 11.3 Å². The molecule has 2 rings (SSSR count). The molecule has 0 aliphatic carbocycles. The molecule has 0 heterocycles.